The zero-order valence-corrected chi connectivity index (χ0v) is 11.2. The molecule has 0 saturated heterocycles. The third kappa shape index (κ3) is 3.05. The van der Waals surface area contributed by atoms with Crippen LogP contribution in [-0.2, 0) is 16.0 Å². The van der Waals surface area contributed by atoms with E-state index in [1.165, 1.54) is 0 Å². The van der Waals surface area contributed by atoms with Gasteiger partial charge in [-0.1, -0.05) is 30.3 Å². The van der Waals surface area contributed by atoms with Crippen LogP contribution in [0, 0.1) is 0 Å². The fourth-order valence-electron chi connectivity index (χ4n) is 2.50. The molecule has 1 aromatic carbocycles. The van der Waals surface area contributed by atoms with Crippen LogP contribution < -0.4 is 5.32 Å². The van der Waals surface area contributed by atoms with Crippen LogP contribution in [0.2, 0.25) is 0 Å². The lowest BCUT2D eigenvalue weighted by Gasteiger charge is -2.34. The quantitative estimate of drug-likeness (QED) is 0.785. The third-order valence-corrected chi connectivity index (χ3v) is 3.41. The molecular weight excluding hydrogens is 256 g/mol. The molecule has 0 aliphatic carbocycles. The molecule has 0 saturated carbocycles. The molecule has 0 spiro atoms. The van der Waals surface area contributed by atoms with Crippen molar-refractivity contribution >= 4 is 11.9 Å². The normalized spacial score (nSPS) is 18.1. The monoisotopic (exact) mass is 274 g/mol. The molecule has 0 bridgehead atoms. The number of nitrogens with zero attached hydrogens (tertiary/aromatic N) is 1. The Kier molecular flexibility index (Phi) is 4.53. The molecule has 0 aromatic heterocycles. The van der Waals surface area contributed by atoms with Gasteiger partial charge >= 0.3 is 5.97 Å². The Labute approximate surface area is 117 Å². The van der Waals surface area contributed by atoms with Gasteiger partial charge < -0.3 is 10.4 Å². The van der Waals surface area contributed by atoms with Crippen LogP contribution in [0.25, 0.3) is 0 Å². The number of carbonyl (C=O) groups is 2. The summed E-state index contributed by atoms with van der Waals surface area (Å²) in [5, 5.41) is 12.1. The van der Waals surface area contributed by atoms with Crippen LogP contribution in [0.4, 0.5) is 0 Å². The maximum Gasteiger partial charge on any atom is 0.325 e. The number of carbonyl (C=O) groups excluding carboxylic acids is 1. The zero-order valence-electron chi connectivity index (χ0n) is 11.2. The van der Waals surface area contributed by atoms with Crippen molar-refractivity contribution in [2.45, 2.75) is 12.5 Å². The van der Waals surface area contributed by atoms with Crippen molar-refractivity contribution in [1.29, 1.82) is 0 Å². The molecule has 5 nitrogen and oxygen atoms in total. The number of benzene rings is 1. The van der Waals surface area contributed by atoms with Crippen molar-refractivity contribution in [2.24, 2.45) is 0 Å². The number of carboxylic acid groups (broad SMARTS) is 1. The molecule has 2 N–H and O–H groups in total. The van der Waals surface area contributed by atoms with Gasteiger partial charge in [-0.3, -0.25) is 14.5 Å². The highest BCUT2D eigenvalue weighted by atomic mass is 16.4. The van der Waals surface area contributed by atoms with Crippen LogP contribution in [0.15, 0.2) is 36.9 Å². The molecule has 106 valence electrons. The molecule has 1 atom stereocenters. The van der Waals surface area contributed by atoms with E-state index in [0.29, 0.717) is 13.1 Å². The van der Waals surface area contributed by atoms with Crippen molar-refractivity contribution in [1.82, 2.24) is 10.2 Å². The molecule has 1 aromatic rings. The Balaban J connectivity index is 2.16. The first-order valence-electron chi connectivity index (χ1n) is 6.55. The Morgan fingerprint density at radius 1 is 1.45 bits per heavy atom. The predicted octanol–water partition coefficient (Wildman–Crippen LogP) is 0.973. The Morgan fingerprint density at radius 3 is 2.90 bits per heavy atom. The zero-order chi connectivity index (χ0) is 14.5. The second-order valence-electron chi connectivity index (χ2n) is 4.75. The molecule has 0 radical (unpaired) electrons. The Bertz CT molecular complexity index is 528. The summed E-state index contributed by atoms with van der Waals surface area (Å²) in [7, 11) is 0. The van der Waals surface area contributed by atoms with Gasteiger partial charge in [-0.2, -0.15) is 0 Å². The number of aliphatic carboxylic acids is 1. The van der Waals surface area contributed by atoms with Crippen LogP contribution in [0.1, 0.15) is 17.2 Å². The van der Waals surface area contributed by atoms with E-state index in [-0.39, 0.29) is 12.5 Å². The standard InChI is InChI=1S/C15H18N2O3/c1-2-8-16-13(18)10-17-9-7-11-5-3-4-6-12(11)14(17)15(19)20/h2-6,14H,1,7-10H2,(H,16,18)(H,19,20). The van der Waals surface area contributed by atoms with Gasteiger partial charge in [0.25, 0.3) is 0 Å². The summed E-state index contributed by atoms with van der Waals surface area (Å²) in [5.74, 6) is -1.11. The van der Waals surface area contributed by atoms with E-state index in [1.54, 1.807) is 11.0 Å². The predicted molar refractivity (Wildman–Crippen MR) is 75.3 cm³/mol. The first-order valence-corrected chi connectivity index (χ1v) is 6.55. The van der Waals surface area contributed by atoms with Crippen LogP contribution >= 0.6 is 0 Å². The number of amides is 1. The summed E-state index contributed by atoms with van der Waals surface area (Å²) in [6, 6.07) is 6.75. The van der Waals surface area contributed by atoms with Gasteiger partial charge in [-0.15, -0.1) is 6.58 Å². The van der Waals surface area contributed by atoms with Crippen LogP contribution in [0.5, 0.6) is 0 Å². The molecule has 1 heterocycles. The number of nitrogens with one attached hydrogen (secondary N) is 1. The van der Waals surface area contributed by atoms with Crippen molar-refractivity contribution in [3.8, 4) is 0 Å². The number of hydrogen-bond acceptors (Lipinski definition) is 3. The number of hydrogen-bond donors (Lipinski definition) is 2. The highest BCUT2D eigenvalue weighted by molar-refractivity contribution is 5.81. The largest absolute Gasteiger partial charge is 0.480 e. The van der Waals surface area contributed by atoms with Crippen molar-refractivity contribution in [2.75, 3.05) is 19.6 Å². The number of carboxylic acids is 1. The van der Waals surface area contributed by atoms with Crippen molar-refractivity contribution in [3.05, 3.63) is 48.0 Å². The summed E-state index contributed by atoms with van der Waals surface area (Å²) in [6.07, 6.45) is 2.35. The van der Waals surface area contributed by atoms with Gasteiger partial charge in [0.2, 0.25) is 5.91 Å². The maximum atomic E-state index is 11.8. The van der Waals surface area contributed by atoms with Gasteiger partial charge in [0.1, 0.15) is 6.04 Å². The molecular formula is C15H18N2O3. The number of fused-ring (bicyclic) bond motifs is 1. The second kappa shape index (κ2) is 6.34. The SMILES string of the molecule is C=CCNC(=O)CN1CCc2ccccc2C1C(=O)O. The van der Waals surface area contributed by atoms with E-state index in [2.05, 4.69) is 11.9 Å². The first-order chi connectivity index (χ1) is 9.63. The molecule has 0 fully saturated rings. The summed E-state index contributed by atoms with van der Waals surface area (Å²) >= 11 is 0. The summed E-state index contributed by atoms with van der Waals surface area (Å²) < 4.78 is 0. The van der Waals surface area contributed by atoms with E-state index in [9.17, 15) is 14.7 Å². The minimum absolute atomic E-state index is 0.0825. The lowest BCUT2D eigenvalue weighted by molar-refractivity contribution is -0.144. The van der Waals surface area contributed by atoms with E-state index in [1.807, 2.05) is 24.3 Å². The maximum absolute atomic E-state index is 11.8. The van der Waals surface area contributed by atoms with Gasteiger partial charge in [0.15, 0.2) is 0 Å². The van der Waals surface area contributed by atoms with E-state index >= 15 is 0 Å². The molecule has 1 aliphatic heterocycles. The Hall–Kier alpha value is -2.14. The topological polar surface area (TPSA) is 69.6 Å². The molecule has 1 aliphatic rings. The molecule has 5 heteroatoms. The minimum atomic E-state index is -0.923. The average Bonchev–Trinajstić information content (AvgIpc) is 2.44. The van der Waals surface area contributed by atoms with E-state index in [4.69, 9.17) is 0 Å². The minimum Gasteiger partial charge on any atom is -0.480 e. The number of rotatable bonds is 5. The lowest BCUT2D eigenvalue weighted by Crippen LogP contribution is -2.45. The Morgan fingerprint density at radius 2 is 2.20 bits per heavy atom. The molecule has 2 rings (SSSR count). The molecule has 1 amide bonds. The van der Waals surface area contributed by atoms with Gasteiger partial charge in [0.05, 0.1) is 6.54 Å². The molecule has 20 heavy (non-hydrogen) atoms. The van der Waals surface area contributed by atoms with Gasteiger partial charge in [-0.25, -0.2) is 0 Å². The first kappa shape index (κ1) is 14.3. The van der Waals surface area contributed by atoms with E-state index in [0.717, 1.165) is 17.5 Å². The second-order valence-corrected chi connectivity index (χ2v) is 4.75. The van der Waals surface area contributed by atoms with Crippen LogP contribution in [-0.4, -0.2) is 41.5 Å². The van der Waals surface area contributed by atoms with Crippen molar-refractivity contribution < 1.29 is 14.7 Å². The summed E-state index contributed by atoms with van der Waals surface area (Å²) in [5.41, 5.74) is 1.82. The van der Waals surface area contributed by atoms with Gasteiger partial charge in [-0.05, 0) is 17.5 Å². The highest BCUT2D eigenvalue weighted by Gasteiger charge is 2.33. The molecule has 1 unspecified atom stereocenters. The lowest BCUT2D eigenvalue weighted by atomic mass is 9.92. The highest BCUT2D eigenvalue weighted by Crippen LogP contribution is 2.29. The van der Waals surface area contributed by atoms with Crippen LogP contribution in [0.3, 0.4) is 0 Å². The average molecular weight is 274 g/mol. The fourth-order valence-corrected chi connectivity index (χ4v) is 2.50. The fraction of sp³-hybridized carbons (Fsp3) is 0.333. The van der Waals surface area contributed by atoms with E-state index < -0.39 is 12.0 Å². The third-order valence-electron chi connectivity index (χ3n) is 3.41. The van der Waals surface area contributed by atoms with Crippen molar-refractivity contribution in [3.63, 3.8) is 0 Å². The smallest absolute Gasteiger partial charge is 0.325 e. The summed E-state index contributed by atoms with van der Waals surface area (Å²) in [4.78, 5) is 25.0. The van der Waals surface area contributed by atoms with Gasteiger partial charge in [0, 0.05) is 13.1 Å². The summed E-state index contributed by atoms with van der Waals surface area (Å²) in [6.45, 7) is 4.57.